The van der Waals surface area contributed by atoms with E-state index in [0.717, 1.165) is 10.5 Å². The van der Waals surface area contributed by atoms with Crippen molar-refractivity contribution < 1.29 is 43.7 Å². The van der Waals surface area contributed by atoms with E-state index in [9.17, 15) is 15.3 Å². The molecule has 0 radical (unpaired) electrons. The van der Waals surface area contributed by atoms with Gasteiger partial charge in [-0.3, -0.25) is 0 Å². The zero-order chi connectivity index (χ0) is 23.9. The van der Waals surface area contributed by atoms with E-state index < -0.39 is 66.8 Å². The summed E-state index contributed by atoms with van der Waals surface area (Å²) >= 11 is 1.42. The van der Waals surface area contributed by atoms with Gasteiger partial charge in [0.1, 0.15) is 54.3 Å². The van der Waals surface area contributed by atoms with E-state index in [-0.39, 0.29) is 13.2 Å². The lowest BCUT2D eigenvalue weighted by Gasteiger charge is -2.47. The Balaban J connectivity index is 1.10. The van der Waals surface area contributed by atoms with Crippen LogP contribution in [0.4, 0.5) is 0 Å². The van der Waals surface area contributed by atoms with Crippen molar-refractivity contribution in [3.8, 4) is 0 Å². The van der Waals surface area contributed by atoms with Crippen LogP contribution in [-0.4, -0.2) is 89.1 Å². The Labute approximate surface area is 206 Å². The van der Waals surface area contributed by atoms with Gasteiger partial charge in [0, 0.05) is 10.5 Å². The van der Waals surface area contributed by atoms with Crippen LogP contribution >= 0.6 is 11.8 Å². The maximum atomic E-state index is 10.9. The van der Waals surface area contributed by atoms with Gasteiger partial charge in [-0.05, 0) is 12.1 Å². The second-order valence-electron chi connectivity index (χ2n) is 9.06. The standard InChI is InChI=1S/C25H28O9S/c26-17-18(27)24(31-15-12-30-23(33-20(15)17)13-7-3-1-4-8-13)34-21-16-11-29-22(21)19(28)25(32-16)35-14-9-5-2-6-10-14/h1-10,15-28H,11-12H2/t15-,16-,17-,18-,19-,20-,21-,22-,23-,24+,25+/m1/s1. The number of ether oxygens (including phenoxy) is 6. The van der Waals surface area contributed by atoms with E-state index in [4.69, 9.17) is 28.4 Å². The molecular formula is C25H28O9S. The first-order valence-electron chi connectivity index (χ1n) is 11.7. The quantitative estimate of drug-likeness (QED) is 0.549. The molecule has 0 aromatic heterocycles. The Hall–Kier alpha value is -1.57. The van der Waals surface area contributed by atoms with Gasteiger partial charge in [-0.25, -0.2) is 0 Å². The van der Waals surface area contributed by atoms with Gasteiger partial charge < -0.3 is 43.7 Å². The summed E-state index contributed by atoms with van der Waals surface area (Å²) in [4.78, 5) is 0.974. The van der Waals surface area contributed by atoms with E-state index in [1.165, 1.54) is 11.8 Å². The van der Waals surface area contributed by atoms with E-state index in [0.29, 0.717) is 0 Å². The first kappa shape index (κ1) is 23.8. The number of rotatable bonds is 5. The minimum absolute atomic E-state index is 0.163. The van der Waals surface area contributed by atoms with Crippen LogP contribution in [0.1, 0.15) is 11.9 Å². The molecule has 4 aliphatic rings. The molecule has 0 unspecified atom stereocenters. The Morgan fingerprint density at radius 2 is 1.43 bits per heavy atom. The number of aliphatic hydroxyl groups is 3. The third-order valence-electron chi connectivity index (χ3n) is 6.76. The van der Waals surface area contributed by atoms with Crippen molar-refractivity contribution in [2.24, 2.45) is 0 Å². The molecule has 35 heavy (non-hydrogen) atoms. The predicted octanol–water partition coefficient (Wildman–Crippen LogP) is 1.21. The molecule has 2 aromatic carbocycles. The Kier molecular flexibility index (Phi) is 6.84. The third kappa shape index (κ3) is 4.64. The van der Waals surface area contributed by atoms with Crippen LogP contribution in [-0.2, 0) is 28.4 Å². The number of thioether (sulfide) groups is 1. The van der Waals surface area contributed by atoms with Gasteiger partial charge in [0.2, 0.25) is 0 Å². The molecule has 10 heteroatoms. The monoisotopic (exact) mass is 504 g/mol. The van der Waals surface area contributed by atoms with Crippen molar-refractivity contribution in [3.05, 3.63) is 66.2 Å². The van der Waals surface area contributed by atoms with Crippen molar-refractivity contribution in [2.75, 3.05) is 13.2 Å². The molecular weight excluding hydrogens is 476 g/mol. The van der Waals surface area contributed by atoms with Gasteiger partial charge >= 0.3 is 0 Å². The molecule has 0 aliphatic carbocycles. The molecule has 4 aliphatic heterocycles. The Morgan fingerprint density at radius 3 is 2.20 bits per heavy atom. The average molecular weight is 505 g/mol. The molecule has 4 fully saturated rings. The highest BCUT2D eigenvalue weighted by Gasteiger charge is 2.56. The van der Waals surface area contributed by atoms with E-state index >= 15 is 0 Å². The molecule has 0 amide bonds. The summed E-state index contributed by atoms with van der Waals surface area (Å²) in [6.07, 6.45) is -8.55. The van der Waals surface area contributed by atoms with Gasteiger partial charge in [-0.1, -0.05) is 60.3 Å². The van der Waals surface area contributed by atoms with Crippen LogP contribution in [0, 0.1) is 0 Å². The minimum atomic E-state index is -1.36. The summed E-state index contributed by atoms with van der Waals surface area (Å²) in [5.74, 6) is 0. The first-order valence-corrected chi connectivity index (χ1v) is 12.6. The van der Waals surface area contributed by atoms with Crippen LogP contribution in [0.25, 0.3) is 0 Å². The molecule has 2 aromatic rings. The fourth-order valence-electron chi connectivity index (χ4n) is 4.94. The van der Waals surface area contributed by atoms with Crippen molar-refractivity contribution in [3.63, 3.8) is 0 Å². The Morgan fingerprint density at radius 1 is 0.714 bits per heavy atom. The van der Waals surface area contributed by atoms with E-state index in [1.807, 2.05) is 60.7 Å². The number of benzene rings is 2. The molecule has 2 bridgehead atoms. The molecule has 11 atom stereocenters. The summed E-state index contributed by atoms with van der Waals surface area (Å²) in [7, 11) is 0. The SMILES string of the molecule is O[C@@H]1[C@@H](O)[C@H](O[C@H]2[C@@H]3OC[C@H]2O[C@@H](Sc2ccccc2)[C@@H]3O)O[C@@H]2CO[C@@H](c3ccccc3)O[C@@H]12. The predicted molar refractivity (Wildman–Crippen MR) is 122 cm³/mol. The van der Waals surface area contributed by atoms with Crippen LogP contribution in [0.5, 0.6) is 0 Å². The molecule has 4 heterocycles. The highest BCUT2D eigenvalue weighted by molar-refractivity contribution is 7.99. The molecule has 0 spiro atoms. The highest BCUT2D eigenvalue weighted by atomic mass is 32.2. The largest absolute Gasteiger partial charge is 0.387 e. The van der Waals surface area contributed by atoms with Gasteiger partial charge in [0.25, 0.3) is 0 Å². The second kappa shape index (κ2) is 10.1. The van der Waals surface area contributed by atoms with Gasteiger partial charge in [-0.15, -0.1) is 0 Å². The number of hydrogen-bond donors (Lipinski definition) is 3. The molecule has 3 N–H and O–H groups in total. The molecule has 0 saturated carbocycles. The van der Waals surface area contributed by atoms with Crippen molar-refractivity contribution >= 4 is 11.8 Å². The maximum absolute atomic E-state index is 10.9. The molecule has 9 nitrogen and oxygen atoms in total. The topological polar surface area (TPSA) is 116 Å². The summed E-state index contributed by atoms with van der Waals surface area (Å²) in [5, 5.41) is 32.6. The summed E-state index contributed by atoms with van der Waals surface area (Å²) in [6, 6.07) is 19.1. The summed E-state index contributed by atoms with van der Waals surface area (Å²) in [5.41, 5.74) is 0.299. The van der Waals surface area contributed by atoms with Gasteiger partial charge in [0.05, 0.1) is 13.2 Å². The van der Waals surface area contributed by atoms with Gasteiger partial charge in [0.15, 0.2) is 12.6 Å². The normalized spacial score (nSPS) is 43.0. The van der Waals surface area contributed by atoms with Gasteiger partial charge in [-0.2, -0.15) is 0 Å². The zero-order valence-corrected chi connectivity index (χ0v) is 19.6. The zero-order valence-electron chi connectivity index (χ0n) is 18.7. The van der Waals surface area contributed by atoms with Crippen molar-refractivity contribution in [1.29, 1.82) is 0 Å². The highest BCUT2D eigenvalue weighted by Crippen LogP contribution is 2.41. The average Bonchev–Trinajstić information content (AvgIpc) is 3.21. The smallest absolute Gasteiger partial charge is 0.187 e. The molecule has 6 rings (SSSR count). The fraction of sp³-hybridized carbons (Fsp3) is 0.520. The Bertz CT molecular complexity index is 979. The van der Waals surface area contributed by atoms with Crippen LogP contribution in [0.2, 0.25) is 0 Å². The van der Waals surface area contributed by atoms with Crippen molar-refractivity contribution in [1.82, 2.24) is 0 Å². The number of aliphatic hydroxyl groups excluding tert-OH is 3. The lowest BCUT2D eigenvalue weighted by molar-refractivity contribution is -0.372. The lowest BCUT2D eigenvalue weighted by atomic mass is 9.97. The molecule has 4 saturated heterocycles. The second-order valence-corrected chi connectivity index (χ2v) is 10.2. The minimum Gasteiger partial charge on any atom is -0.387 e. The van der Waals surface area contributed by atoms with E-state index in [1.54, 1.807) is 0 Å². The van der Waals surface area contributed by atoms with Crippen molar-refractivity contribution in [2.45, 2.75) is 71.7 Å². The summed E-state index contributed by atoms with van der Waals surface area (Å²) in [6.45, 7) is 0.414. The molecule has 188 valence electrons. The maximum Gasteiger partial charge on any atom is 0.187 e. The third-order valence-corrected chi connectivity index (χ3v) is 7.93. The number of fused-ring (bicyclic) bond motifs is 3. The van der Waals surface area contributed by atoms with Crippen LogP contribution in [0.15, 0.2) is 65.6 Å². The lowest BCUT2D eigenvalue weighted by Crippen LogP contribution is -2.64. The fourth-order valence-corrected chi connectivity index (χ4v) is 6.02. The number of hydrogen-bond acceptors (Lipinski definition) is 10. The van der Waals surface area contributed by atoms with E-state index in [2.05, 4.69) is 0 Å². The summed E-state index contributed by atoms with van der Waals surface area (Å²) < 4.78 is 35.6. The first-order chi connectivity index (χ1) is 17.1. The van der Waals surface area contributed by atoms with Crippen LogP contribution < -0.4 is 0 Å². The van der Waals surface area contributed by atoms with Crippen LogP contribution in [0.3, 0.4) is 0 Å².